The van der Waals surface area contributed by atoms with Crippen molar-refractivity contribution in [1.29, 1.82) is 0 Å². The molecule has 1 nitrogen and oxygen atoms in total. The zero-order chi connectivity index (χ0) is 14.9. The number of benzene rings is 2. The number of halogens is 2. The summed E-state index contributed by atoms with van der Waals surface area (Å²) in [5, 5.41) is 0. The third-order valence-corrected chi connectivity index (χ3v) is 4.79. The van der Waals surface area contributed by atoms with Crippen molar-refractivity contribution in [1.82, 2.24) is 0 Å². The lowest BCUT2D eigenvalue weighted by Crippen LogP contribution is -2.51. The molecule has 110 valence electrons. The highest BCUT2D eigenvalue weighted by molar-refractivity contribution is 5.32. The monoisotopic (exact) mass is 287 g/mol. The van der Waals surface area contributed by atoms with Crippen molar-refractivity contribution < 1.29 is 8.78 Å². The molecule has 0 heterocycles. The van der Waals surface area contributed by atoms with E-state index in [1.165, 1.54) is 23.8 Å². The second-order valence-electron chi connectivity index (χ2n) is 5.89. The van der Waals surface area contributed by atoms with Crippen LogP contribution in [-0.4, -0.2) is 6.04 Å². The average molecular weight is 287 g/mol. The highest BCUT2D eigenvalue weighted by Crippen LogP contribution is 2.46. The molecule has 1 saturated carbocycles. The molecule has 2 aromatic carbocycles. The first-order valence-corrected chi connectivity index (χ1v) is 7.37. The molecular weight excluding hydrogens is 268 g/mol. The molecule has 2 aromatic rings. The first-order valence-electron chi connectivity index (χ1n) is 7.37. The van der Waals surface area contributed by atoms with E-state index >= 15 is 0 Å². The Labute approximate surface area is 123 Å². The Kier molecular flexibility index (Phi) is 3.77. The fraction of sp³-hybridized carbons (Fsp3) is 0.333. The Morgan fingerprint density at radius 1 is 0.952 bits per heavy atom. The van der Waals surface area contributed by atoms with Crippen LogP contribution in [0.4, 0.5) is 8.78 Å². The summed E-state index contributed by atoms with van der Waals surface area (Å²) < 4.78 is 27.7. The number of rotatable bonds is 4. The minimum Gasteiger partial charge on any atom is -0.327 e. The standard InChI is InChI=1S/C18H19F2N/c19-15-8-4-9-16(20)14(15)12-17(21)18(10-5-11-18)13-6-2-1-3-7-13/h1-4,6-9,17H,5,10-12,21H2. The smallest absolute Gasteiger partial charge is 0.129 e. The van der Waals surface area contributed by atoms with Gasteiger partial charge in [0.05, 0.1) is 0 Å². The summed E-state index contributed by atoms with van der Waals surface area (Å²) in [6.45, 7) is 0. The van der Waals surface area contributed by atoms with Gasteiger partial charge in [0, 0.05) is 17.0 Å². The zero-order valence-corrected chi connectivity index (χ0v) is 11.9. The molecule has 2 N–H and O–H groups in total. The van der Waals surface area contributed by atoms with Crippen LogP contribution in [0, 0.1) is 11.6 Å². The van der Waals surface area contributed by atoms with E-state index in [9.17, 15) is 8.78 Å². The van der Waals surface area contributed by atoms with Crippen molar-refractivity contribution in [3.05, 3.63) is 71.3 Å². The van der Waals surface area contributed by atoms with Gasteiger partial charge in [-0.25, -0.2) is 8.78 Å². The summed E-state index contributed by atoms with van der Waals surface area (Å²) in [6.07, 6.45) is 3.30. The van der Waals surface area contributed by atoms with Crippen LogP contribution >= 0.6 is 0 Å². The predicted molar refractivity (Wildman–Crippen MR) is 80.0 cm³/mol. The third-order valence-electron chi connectivity index (χ3n) is 4.79. The lowest BCUT2D eigenvalue weighted by Gasteiger charge is -2.47. The first kappa shape index (κ1) is 14.2. The van der Waals surface area contributed by atoms with Gasteiger partial charge in [0.1, 0.15) is 11.6 Å². The quantitative estimate of drug-likeness (QED) is 0.905. The van der Waals surface area contributed by atoms with Crippen molar-refractivity contribution >= 4 is 0 Å². The highest BCUT2D eigenvalue weighted by atomic mass is 19.1. The van der Waals surface area contributed by atoms with Crippen LogP contribution in [0.2, 0.25) is 0 Å². The van der Waals surface area contributed by atoms with Crippen molar-refractivity contribution in [3.63, 3.8) is 0 Å². The van der Waals surface area contributed by atoms with Crippen molar-refractivity contribution in [2.24, 2.45) is 5.73 Å². The van der Waals surface area contributed by atoms with Crippen molar-refractivity contribution in [2.45, 2.75) is 37.1 Å². The van der Waals surface area contributed by atoms with Gasteiger partial charge in [-0.3, -0.25) is 0 Å². The van der Waals surface area contributed by atoms with E-state index in [4.69, 9.17) is 5.73 Å². The van der Waals surface area contributed by atoms with Gasteiger partial charge in [-0.1, -0.05) is 42.8 Å². The van der Waals surface area contributed by atoms with Gasteiger partial charge in [0.2, 0.25) is 0 Å². The van der Waals surface area contributed by atoms with E-state index in [-0.39, 0.29) is 23.4 Å². The van der Waals surface area contributed by atoms with E-state index in [1.54, 1.807) is 0 Å². The number of hydrogen-bond acceptors (Lipinski definition) is 1. The lowest BCUT2D eigenvalue weighted by molar-refractivity contribution is 0.193. The van der Waals surface area contributed by atoms with Crippen LogP contribution < -0.4 is 5.73 Å². The summed E-state index contributed by atoms with van der Waals surface area (Å²) in [5.74, 6) is -1.01. The molecule has 1 fully saturated rings. The normalized spacial score (nSPS) is 18.0. The first-order chi connectivity index (χ1) is 10.1. The average Bonchev–Trinajstić information content (AvgIpc) is 2.43. The molecule has 0 radical (unpaired) electrons. The summed E-state index contributed by atoms with van der Waals surface area (Å²) in [6, 6.07) is 13.8. The van der Waals surface area contributed by atoms with Gasteiger partial charge in [0.15, 0.2) is 0 Å². The largest absolute Gasteiger partial charge is 0.327 e. The molecule has 3 rings (SSSR count). The second kappa shape index (κ2) is 5.57. The Balaban J connectivity index is 1.89. The fourth-order valence-electron chi connectivity index (χ4n) is 3.34. The summed E-state index contributed by atoms with van der Waals surface area (Å²) in [4.78, 5) is 0. The maximum Gasteiger partial charge on any atom is 0.129 e. The van der Waals surface area contributed by atoms with Crippen molar-refractivity contribution in [2.75, 3.05) is 0 Å². The third kappa shape index (κ3) is 2.46. The van der Waals surface area contributed by atoms with E-state index in [0.29, 0.717) is 0 Å². The van der Waals surface area contributed by atoms with Gasteiger partial charge in [-0.05, 0) is 37.0 Å². The van der Waals surface area contributed by atoms with Crippen LogP contribution in [0.5, 0.6) is 0 Å². The minimum atomic E-state index is -0.506. The highest BCUT2D eigenvalue weighted by Gasteiger charge is 2.44. The van der Waals surface area contributed by atoms with E-state index in [2.05, 4.69) is 12.1 Å². The fourth-order valence-corrected chi connectivity index (χ4v) is 3.34. The summed E-state index contributed by atoms with van der Waals surface area (Å²) in [7, 11) is 0. The van der Waals surface area contributed by atoms with E-state index in [0.717, 1.165) is 19.3 Å². The number of hydrogen-bond donors (Lipinski definition) is 1. The van der Waals surface area contributed by atoms with Crippen LogP contribution in [0.1, 0.15) is 30.4 Å². The Morgan fingerprint density at radius 2 is 1.57 bits per heavy atom. The molecule has 1 aliphatic rings. The molecule has 3 heteroatoms. The molecule has 0 spiro atoms. The maximum absolute atomic E-state index is 13.8. The second-order valence-corrected chi connectivity index (χ2v) is 5.89. The Morgan fingerprint density at radius 3 is 2.10 bits per heavy atom. The van der Waals surface area contributed by atoms with Gasteiger partial charge < -0.3 is 5.73 Å². The molecule has 0 bridgehead atoms. The van der Waals surface area contributed by atoms with E-state index in [1.807, 2.05) is 18.2 Å². The molecule has 0 saturated heterocycles. The summed E-state index contributed by atoms with van der Waals surface area (Å²) >= 11 is 0. The lowest BCUT2D eigenvalue weighted by atomic mass is 9.59. The van der Waals surface area contributed by atoms with Gasteiger partial charge in [-0.2, -0.15) is 0 Å². The minimum absolute atomic E-state index is 0.104. The van der Waals surface area contributed by atoms with Gasteiger partial charge in [-0.15, -0.1) is 0 Å². The maximum atomic E-state index is 13.8. The van der Waals surface area contributed by atoms with Crippen LogP contribution in [0.3, 0.4) is 0 Å². The zero-order valence-electron chi connectivity index (χ0n) is 11.9. The molecule has 0 amide bonds. The SMILES string of the molecule is NC(Cc1c(F)cccc1F)C1(c2ccccc2)CCC1. The molecule has 1 unspecified atom stereocenters. The Bertz CT molecular complexity index is 600. The molecule has 0 aliphatic heterocycles. The topological polar surface area (TPSA) is 26.0 Å². The predicted octanol–water partition coefficient (Wildman–Crippen LogP) is 3.96. The van der Waals surface area contributed by atoms with Crippen LogP contribution in [0.25, 0.3) is 0 Å². The molecule has 21 heavy (non-hydrogen) atoms. The van der Waals surface area contributed by atoms with E-state index < -0.39 is 11.6 Å². The Hall–Kier alpha value is -1.74. The van der Waals surface area contributed by atoms with Crippen LogP contribution in [-0.2, 0) is 11.8 Å². The van der Waals surface area contributed by atoms with Crippen molar-refractivity contribution in [3.8, 4) is 0 Å². The summed E-state index contributed by atoms with van der Waals surface area (Å²) in [5.41, 5.74) is 7.52. The van der Waals surface area contributed by atoms with Gasteiger partial charge >= 0.3 is 0 Å². The van der Waals surface area contributed by atoms with Gasteiger partial charge in [0.25, 0.3) is 0 Å². The van der Waals surface area contributed by atoms with Crippen LogP contribution in [0.15, 0.2) is 48.5 Å². The molecule has 1 aliphatic carbocycles. The molecular formula is C18H19F2N. The number of nitrogens with two attached hydrogens (primary N) is 1. The molecule has 1 atom stereocenters. The molecule has 0 aromatic heterocycles.